The maximum absolute atomic E-state index is 14.1. The zero-order valence-corrected chi connectivity index (χ0v) is 33.5. The number of amides is 3. The number of aromatic nitrogens is 1. The monoisotopic (exact) mass is 766 g/mol. The second kappa shape index (κ2) is 19.0. The molecule has 0 saturated carbocycles. The van der Waals surface area contributed by atoms with Crippen molar-refractivity contribution in [3.8, 4) is 11.1 Å². The number of alkyl carbamates (subject to hydrolysis) is 1. The van der Waals surface area contributed by atoms with Crippen LogP contribution in [0.15, 0.2) is 84.2 Å². The van der Waals surface area contributed by atoms with Gasteiger partial charge >= 0.3 is 12.1 Å². The number of carbonyl (C=O) groups is 4. The molecule has 5 atom stereocenters. The molecule has 11 heteroatoms. The number of rotatable bonds is 18. The molecule has 0 bridgehead atoms. The summed E-state index contributed by atoms with van der Waals surface area (Å²) in [6.07, 6.45) is 2.02. The predicted molar refractivity (Wildman–Crippen MR) is 216 cm³/mol. The molecule has 5 rings (SSSR count). The molecule has 4 aromatic rings. The van der Waals surface area contributed by atoms with Crippen LogP contribution < -0.4 is 10.6 Å². The Bertz CT molecular complexity index is 1880. The van der Waals surface area contributed by atoms with Crippen molar-refractivity contribution in [1.29, 1.82) is 0 Å². The highest BCUT2D eigenvalue weighted by Gasteiger charge is 2.34. The Balaban J connectivity index is 1.19. The average Bonchev–Trinajstić information content (AvgIpc) is 3.78. The van der Waals surface area contributed by atoms with Crippen LogP contribution in [0.5, 0.6) is 0 Å². The molecule has 1 aliphatic rings. The van der Waals surface area contributed by atoms with Crippen molar-refractivity contribution in [1.82, 2.24) is 20.5 Å². The number of carboxylic acid groups (broad SMARTS) is 1. The van der Waals surface area contributed by atoms with Gasteiger partial charge in [0, 0.05) is 36.9 Å². The van der Waals surface area contributed by atoms with E-state index in [0.717, 1.165) is 32.8 Å². The van der Waals surface area contributed by atoms with Crippen LogP contribution in [-0.4, -0.2) is 70.6 Å². The summed E-state index contributed by atoms with van der Waals surface area (Å²) in [5, 5.41) is 17.9. The number of carboxylic acids is 1. The molecule has 10 nitrogen and oxygen atoms in total. The van der Waals surface area contributed by atoms with E-state index < -0.39 is 24.0 Å². The number of nitrogens with zero attached hydrogens (tertiary/aromatic N) is 2. The molecule has 292 valence electrons. The van der Waals surface area contributed by atoms with Crippen LogP contribution in [0.25, 0.3) is 11.1 Å². The third kappa shape index (κ3) is 10.4. The maximum Gasteiger partial charge on any atom is 0.407 e. The van der Waals surface area contributed by atoms with Gasteiger partial charge in [0.15, 0.2) is 0 Å². The van der Waals surface area contributed by atoms with Gasteiger partial charge in [0.1, 0.15) is 18.3 Å². The summed E-state index contributed by atoms with van der Waals surface area (Å²) in [7, 11) is 1.79. The first-order chi connectivity index (χ1) is 26.4. The van der Waals surface area contributed by atoms with Crippen LogP contribution in [0.2, 0.25) is 0 Å². The zero-order chi connectivity index (χ0) is 39.6. The number of hydrogen-bond donors (Lipinski definition) is 3. The molecule has 0 fully saturated rings. The van der Waals surface area contributed by atoms with Gasteiger partial charge in [-0.05, 0) is 58.9 Å². The van der Waals surface area contributed by atoms with E-state index in [2.05, 4.69) is 53.7 Å². The Morgan fingerprint density at radius 2 is 1.51 bits per heavy atom. The van der Waals surface area contributed by atoms with Crippen LogP contribution in [0, 0.1) is 17.8 Å². The Morgan fingerprint density at radius 3 is 2.11 bits per heavy atom. The van der Waals surface area contributed by atoms with Crippen LogP contribution >= 0.6 is 11.3 Å². The van der Waals surface area contributed by atoms with Gasteiger partial charge in [-0.1, -0.05) is 120 Å². The number of fused-ring (bicyclic) bond motifs is 3. The number of ether oxygens (including phenoxy) is 1. The van der Waals surface area contributed by atoms with Crippen LogP contribution in [0.3, 0.4) is 0 Å². The lowest BCUT2D eigenvalue weighted by molar-refractivity contribution is -0.141. The average molecular weight is 767 g/mol. The molecule has 0 spiro atoms. The Labute approximate surface area is 328 Å². The normalized spacial score (nSPS) is 14.9. The fourth-order valence-electron chi connectivity index (χ4n) is 7.49. The van der Waals surface area contributed by atoms with E-state index in [0.29, 0.717) is 25.7 Å². The highest BCUT2D eigenvalue weighted by molar-refractivity contribution is 7.09. The lowest BCUT2D eigenvalue weighted by Gasteiger charge is -2.35. The molecule has 0 aliphatic heterocycles. The predicted octanol–water partition coefficient (Wildman–Crippen LogP) is 7.96. The Kier molecular flexibility index (Phi) is 14.2. The quantitative estimate of drug-likeness (QED) is 0.0935. The number of benzene rings is 3. The molecule has 1 aromatic heterocycles. The van der Waals surface area contributed by atoms with Crippen molar-refractivity contribution in [2.24, 2.45) is 17.8 Å². The lowest BCUT2D eigenvalue weighted by atomic mass is 9.94. The van der Waals surface area contributed by atoms with Crippen molar-refractivity contribution in [3.63, 3.8) is 0 Å². The van der Waals surface area contributed by atoms with E-state index in [9.17, 15) is 24.3 Å². The summed E-state index contributed by atoms with van der Waals surface area (Å²) in [6.45, 7) is 9.89. The van der Waals surface area contributed by atoms with Gasteiger partial charge in [0.2, 0.25) is 5.91 Å². The van der Waals surface area contributed by atoms with E-state index in [1.165, 1.54) is 11.3 Å². The Hall–Kier alpha value is -5.03. The van der Waals surface area contributed by atoms with Gasteiger partial charge in [-0.3, -0.25) is 14.4 Å². The molecule has 0 unspecified atom stereocenters. The summed E-state index contributed by atoms with van der Waals surface area (Å²) in [6, 6.07) is 24.7. The van der Waals surface area contributed by atoms with Gasteiger partial charge in [-0.15, -0.1) is 11.3 Å². The molecule has 1 heterocycles. The molecule has 0 radical (unpaired) electrons. The number of likely N-dealkylation sites (N-methyl/N-ethyl adjacent to an activating group) is 1. The lowest BCUT2D eigenvalue weighted by Crippen LogP contribution is -2.54. The minimum Gasteiger partial charge on any atom is -0.481 e. The molecule has 1 aliphatic carbocycles. The molecule has 0 saturated heterocycles. The van der Waals surface area contributed by atoms with Crippen LogP contribution in [0.1, 0.15) is 92.0 Å². The second-order valence-electron chi connectivity index (χ2n) is 15.1. The van der Waals surface area contributed by atoms with E-state index >= 15 is 0 Å². The fourth-order valence-corrected chi connectivity index (χ4v) is 8.28. The summed E-state index contributed by atoms with van der Waals surface area (Å²) in [5.74, 6) is -2.16. The minimum absolute atomic E-state index is 0.0855. The van der Waals surface area contributed by atoms with Gasteiger partial charge < -0.3 is 25.4 Å². The summed E-state index contributed by atoms with van der Waals surface area (Å²) >= 11 is 1.39. The fraction of sp³-hybridized carbons (Fsp3) is 0.432. The first-order valence-electron chi connectivity index (χ1n) is 19.3. The minimum atomic E-state index is -0.908. The summed E-state index contributed by atoms with van der Waals surface area (Å²) in [4.78, 5) is 58.8. The third-order valence-corrected chi connectivity index (χ3v) is 11.8. The van der Waals surface area contributed by atoms with Crippen molar-refractivity contribution in [2.45, 2.75) is 90.8 Å². The van der Waals surface area contributed by atoms with Gasteiger partial charge in [0.05, 0.1) is 10.9 Å². The van der Waals surface area contributed by atoms with Gasteiger partial charge in [-0.25, -0.2) is 9.78 Å². The highest BCUT2D eigenvalue weighted by atomic mass is 32.1. The number of aryl methyl sites for hydroxylation is 1. The van der Waals surface area contributed by atoms with Crippen LogP contribution in [-0.2, 0) is 27.2 Å². The SMILES string of the molecule is CC[C@H](C)[C@H](NC(=O)OCC1c2ccccc2-c2ccccc21)C(=O)N(C)[C@H](CCc1nc(C(=O)N[C@H](Cc2ccccc2)C[C@H](C)C(=O)O)cs1)C(C)C. The number of carbonyl (C=O) groups excluding carboxylic acids is 3. The number of hydrogen-bond acceptors (Lipinski definition) is 7. The van der Waals surface area contributed by atoms with Crippen molar-refractivity contribution < 1.29 is 29.0 Å². The largest absolute Gasteiger partial charge is 0.481 e. The van der Waals surface area contributed by atoms with E-state index in [1.807, 2.05) is 68.4 Å². The summed E-state index contributed by atoms with van der Waals surface area (Å²) < 4.78 is 5.83. The second-order valence-corrected chi connectivity index (χ2v) is 16.0. The molecule has 3 aromatic carbocycles. The zero-order valence-electron chi connectivity index (χ0n) is 32.7. The van der Waals surface area contributed by atoms with Gasteiger partial charge in [-0.2, -0.15) is 0 Å². The smallest absolute Gasteiger partial charge is 0.407 e. The van der Waals surface area contributed by atoms with Crippen LogP contribution in [0.4, 0.5) is 4.79 Å². The first-order valence-corrected chi connectivity index (χ1v) is 20.2. The molecular weight excluding hydrogens is 713 g/mol. The first kappa shape index (κ1) is 41.1. The van der Waals surface area contributed by atoms with Crippen molar-refractivity contribution >= 4 is 35.2 Å². The van der Waals surface area contributed by atoms with Crippen molar-refractivity contribution in [3.05, 3.63) is 112 Å². The highest BCUT2D eigenvalue weighted by Crippen LogP contribution is 2.44. The molecule has 3 N–H and O–H groups in total. The molecule has 55 heavy (non-hydrogen) atoms. The van der Waals surface area contributed by atoms with Gasteiger partial charge in [0.25, 0.3) is 5.91 Å². The van der Waals surface area contributed by atoms with E-state index in [-0.39, 0.29) is 60.4 Å². The summed E-state index contributed by atoms with van der Waals surface area (Å²) in [5.41, 5.74) is 5.83. The number of aliphatic carboxylic acids is 1. The third-order valence-electron chi connectivity index (χ3n) is 10.9. The standard InChI is InChI=1S/C44H54N4O6S/c1-7-28(4)40(47-44(53)54-25-36-34-19-13-11-17-32(34)33-18-12-14-20-35(33)36)42(50)48(6)38(27(2)3)21-22-39-46-37(26-55-39)41(49)45-31(23-29(5)43(51)52)24-30-15-9-8-10-16-30/h8-20,26-29,31,36,38,40H,7,21-25H2,1-6H3,(H,45,49)(H,47,53)(H,51,52)/t28-,29-,31-,38+,40-/m0/s1. The topological polar surface area (TPSA) is 138 Å². The Morgan fingerprint density at radius 1 is 0.891 bits per heavy atom. The maximum atomic E-state index is 14.1. The molecular formula is C44H54N4O6S. The van der Waals surface area contributed by atoms with E-state index in [4.69, 9.17) is 4.74 Å². The number of nitrogens with one attached hydrogen (secondary N) is 2. The van der Waals surface area contributed by atoms with Crippen molar-refractivity contribution in [2.75, 3.05) is 13.7 Å². The number of thiazole rings is 1. The molecule has 3 amide bonds. The van der Waals surface area contributed by atoms with E-state index in [1.54, 1.807) is 24.3 Å².